The van der Waals surface area contributed by atoms with E-state index in [1.54, 1.807) is 0 Å². The van der Waals surface area contributed by atoms with Crippen molar-refractivity contribution in [1.82, 2.24) is 0 Å². The SMILES string of the molecule is CCCCCCCCCCCCCCCCCCCCCC(=O)O[C@H](COC(=O)CCCCCCCCCCC(C)CC)COP(=O)(O)OC[C@@H](O)COP(=O)(O)OC[C@@H](COC(=O)CCCCCCCCCCC)OC(=O)CCCCCCCCCCC(C)C. The highest BCUT2D eigenvalue weighted by atomic mass is 31.2. The van der Waals surface area contributed by atoms with Gasteiger partial charge in [0, 0.05) is 25.7 Å². The second kappa shape index (κ2) is 64.1. The Morgan fingerprint density at radius 1 is 0.319 bits per heavy atom. The number of phosphoric acid groups is 2. The molecule has 3 unspecified atom stereocenters. The molecule has 540 valence electrons. The lowest BCUT2D eigenvalue weighted by Crippen LogP contribution is -2.30. The largest absolute Gasteiger partial charge is 0.472 e. The Morgan fingerprint density at radius 3 is 0.835 bits per heavy atom. The van der Waals surface area contributed by atoms with Crippen LogP contribution in [0.4, 0.5) is 0 Å². The number of phosphoric ester groups is 2. The lowest BCUT2D eigenvalue weighted by atomic mass is 9.99. The van der Waals surface area contributed by atoms with Gasteiger partial charge in [0.05, 0.1) is 26.4 Å². The Labute approximate surface area is 556 Å². The molecule has 0 spiro atoms. The molecule has 0 aromatic rings. The van der Waals surface area contributed by atoms with E-state index in [1.165, 1.54) is 186 Å². The van der Waals surface area contributed by atoms with Gasteiger partial charge in [-0.05, 0) is 37.5 Å². The number of aliphatic hydroxyl groups is 1. The lowest BCUT2D eigenvalue weighted by Gasteiger charge is -2.21. The molecule has 0 radical (unpaired) electrons. The Kier molecular flexibility index (Phi) is 62.7. The minimum atomic E-state index is -4.95. The third-order valence-electron chi connectivity index (χ3n) is 17.1. The molecular weight excluding hydrogens is 1200 g/mol. The summed E-state index contributed by atoms with van der Waals surface area (Å²) in [6.07, 6.45) is 50.0. The summed E-state index contributed by atoms with van der Waals surface area (Å²) in [4.78, 5) is 72.5. The van der Waals surface area contributed by atoms with Crippen LogP contribution < -0.4 is 0 Å². The molecule has 0 bridgehead atoms. The van der Waals surface area contributed by atoms with Crippen molar-refractivity contribution in [2.24, 2.45) is 11.8 Å². The molecule has 17 nitrogen and oxygen atoms in total. The van der Waals surface area contributed by atoms with Crippen LogP contribution in [0.3, 0.4) is 0 Å². The highest BCUT2D eigenvalue weighted by molar-refractivity contribution is 7.47. The minimum absolute atomic E-state index is 0.104. The lowest BCUT2D eigenvalue weighted by molar-refractivity contribution is -0.161. The number of ether oxygens (including phenoxy) is 4. The standard InChI is InChI=1S/C72H140O17P2/c1-7-10-12-14-16-18-19-20-21-22-23-24-25-26-27-29-38-44-50-56-71(76)88-67(61-83-70(75)55-49-43-37-33-31-35-41-47-53-65(6)9-3)62-86-90(78,79)84-58-66(73)59-85-91(80,81)87-63-68(60-82-69(74)54-48-42-36-28-17-15-13-11-8-2)89-72(77)57-51-45-39-32-30-34-40-46-52-64(4)5/h64-68,73H,7-63H2,1-6H3,(H,78,79)(H,80,81)/t65?,66-,67-,68-/m1/s1. The number of hydrogen-bond donors (Lipinski definition) is 3. The number of carbonyl (C=O) groups is 4. The van der Waals surface area contributed by atoms with Gasteiger partial charge in [0.2, 0.25) is 0 Å². The fraction of sp³-hybridized carbons (Fsp3) is 0.944. The number of aliphatic hydroxyl groups excluding tert-OH is 1. The van der Waals surface area contributed by atoms with Crippen LogP contribution in [0.2, 0.25) is 0 Å². The van der Waals surface area contributed by atoms with Gasteiger partial charge >= 0.3 is 39.5 Å². The van der Waals surface area contributed by atoms with Crippen molar-refractivity contribution in [3.8, 4) is 0 Å². The molecule has 0 aromatic carbocycles. The third-order valence-corrected chi connectivity index (χ3v) is 19.0. The maximum Gasteiger partial charge on any atom is 0.472 e. The van der Waals surface area contributed by atoms with E-state index in [4.69, 9.17) is 37.0 Å². The zero-order valence-corrected chi connectivity index (χ0v) is 60.9. The van der Waals surface area contributed by atoms with Crippen LogP contribution in [0.5, 0.6) is 0 Å². The molecule has 0 aliphatic rings. The molecule has 6 atom stereocenters. The maximum atomic E-state index is 13.0. The summed E-state index contributed by atoms with van der Waals surface area (Å²) in [5, 5.41) is 10.6. The Morgan fingerprint density at radius 2 is 0.560 bits per heavy atom. The maximum absolute atomic E-state index is 13.0. The highest BCUT2D eigenvalue weighted by Gasteiger charge is 2.30. The van der Waals surface area contributed by atoms with E-state index in [9.17, 15) is 43.2 Å². The van der Waals surface area contributed by atoms with Gasteiger partial charge in [-0.15, -0.1) is 0 Å². The summed E-state index contributed by atoms with van der Waals surface area (Å²) < 4.78 is 68.3. The zero-order chi connectivity index (χ0) is 67.2. The van der Waals surface area contributed by atoms with E-state index < -0.39 is 97.5 Å². The first-order chi connectivity index (χ1) is 43.9. The molecule has 3 N–H and O–H groups in total. The number of unbranched alkanes of at least 4 members (excludes halogenated alkanes) is 40. The van der Waals surface area contributed by atoms with Crippen LogP contribution in [-0.2, 0) is 65.4 Å². The van der Waals surface area contributed by atoms with Crippen LogP contribution in [0.25, 0.3) is 0 Å². The summed E-state index contributed by atoms with van der Waals surface area (Å²) >= 11 is 0. The number of esters is 4. The van der Waals surface area contributed by atoms with E-state index >= 15 is 0 Å². The minimum Gasteiger partial charge on any atom is -0.462 e. The summed E-state index contributed by atoms with van der Waals surface area (Å²) in [7, 11) is -9.90. The van der Waals surface area contributed by atoms with Crippen molar-refractivity contribution in [2.45, 2.75) is 387 Å². The number of hydrogen-bond acceptors (Lipinski definition) is 15. The summed E-state index contributed by atoms with van der Waals surface area (Å²) in [5.41, 5.74) is 0. The second-order valence-electron chi connectivity index (χ2n) is 26.7. The molecule has 19 heteroatoms. The van der Waals surface area contributed by atoms with Gasteiger partial charge in [-0.25, -0.2) is 9.13 Å². The van der Waals surface area contributed by atoms with Crippen LogP contribution in [0.1, 0.15) is 369 Å². The fourth-order valence-electron chi connectivity index (χ4n) is 10.9. The zero-order valence-electron chi connectivity index (χ0n) is 59.1. The first-order valence-electron chi connectivity index (χ1n) is 37.5. The van der Waals surface area contributed by atoms with Crippen molar-refractivity contribution in [2.75, 3.05) is 39.6 Å². The smallest absolute Gasteiger partial charge is 0.462 e. The van der Waals surface area contributed by atoms with E-state index in [1.807, 2.05) is 0 Å². The molecule has 0 amide bonds. The van der Waals surface area contributed by atoms with Gasteiger partial charge < -0.3 is 33.8 Å². The Balaban J connectivity index is 5.21. The van der Waals surface area contributed by atoms with Gasteiger partial charge in [0.15, 0.2) is 12.2 Å². The summed E-state index contributed by atoms with van der Waals surface area (Å²) in [6, 6.07) is 0. The number of carbonyl (C=O) groups excluding carboxylic acids is 4. The quantitative estimate of drug-likeness (QED) is 0.0222. The van der Waals surface area contributed by atoms with Gasteiger partial charge in [-0.3, -0.25) is 37.3 Å². The molecule has 0 heterocycles. The van der Waals surface area contributed by atoms with E-state index in [2.05, 4.69) is 41.5 Å². The summed E-state index contributed by atoms with van der Waals surface area (Å²) in [5.74, 6) is -0.629. The molecule has 0 aromatic heterocycles. The van der Waals surface area contributed by atoms with Crippen LogP contribution in [-0.4, -0.2) is 96.7 Å². The van der Waals surface area contributed by atoms with Gasteiger partial charge in [-0.1, -0.05) is 318 Å². The second-order valence-corrected chi connectivity index (χ2v) is 29.6. The van der Waals surface area contributed by atoms with Crippen LogP contribution >= 0.6 is 15.6 Å². The van der Waals surface area contributed by atoms with E-state index in [0.29, 0.717) is 25.7 Å². The Bertz CT molecular complexity index is 1770. The van der Waals surface area contributed by atoms with Gasteiger partial charge in [-0.2, -0.15) is 0 Å². The van der Waals surface area contributed by atoms with E-state index in [-0.39, 0.29) is 25.7 Å². The first-order valence-corrected chi connectivity index (χ1v) is 40.5. The van der Waals surface area contributed by atoms with Crippen molar-refractivity contribution < 1.29 is 80.2 Å². The topological polar surface area (TPSA) is 237 Å². The highest BCUT2D eigenvalue weighted by Crippen LogP contribution is 2.45. The van der Waals surface area contributed by atoms with E-state index in [0.717, 1.165) is 102 Å². The third kappa shape index (κ3) is 65.1. The monoisotopic (exact) mass is 1340 g/mol. The summed E-state index contributed by atoms with van der Waals surface area (Å²) in [6.45, 7) is 9.51. The molecule has 91 heavy (non-hydrogen) atoms. The van der Waals surface area contributed by atoms with Gasteiger partial charge in [0.1, 0.15) is 19.3 Å². The first kappa shape index (κ1) is 89.1. The average Bonchev–Trinajstić information content (AvgIpc) is 3.43. The molecule has 0 aliphatic carbocycles. The molecule has 0 aliphatic heterocycles. The molecule has 0 fully saturated rings. The fourth-order valence-corrected chi connectivity index (χ4v) is 12.5. The van der Waals surface area contributed by atoms with Crippen LogP contribution in [0, 0.1) is 11.8 Å². The molecule has 0 rings (SSSR count). The Hall–Kier alpha value is -1.94. The number of rotatable bonds is 71. The van der Waals surface area contributed by atoms with Crippen molar-refractivity contribution in [1.29, 1.82) is 0 Å². The predicted molar refractivity (Wildman–Crippen MR) is 368 cm³/mol. The average molecular weight is 1340 g/mol. The predicted octanol–water partition coefficient (Wildman–Crippen LogP) is 20.8. The van der Waals surface area contributed by atoms with Crippen molar-refractivity contribution in [3.05, 3.63) is 0 Å². The van der Waals surface area contributed by atoms with Crippen molar-refractivity contribution in [3.63, 3.8) is 0 Å². The molecular formula is C72H140O17P2. The van der Waals surface area contributed by atoms with Gasteiger partial charge in [0.25, 0.3) is 0 Å². The normalized spacial score (nSPS) is 14.4. The van der Waals surface area contributed by atoms with Crippen molar-refractivity contribution >= 4 is 39.5 Å². The molecule has 0 saturated heterocycles. The van der Waals surface area contributed by atoms with Crippen LogP contribution in [0.15, 0.2) is 0 Å². The molecule has 0 saturated carbocycles.